The fourth-order valence-electron chi connectivity index (χ4n) is 4.84. The Bertz CT molecular complexity index is 990. The van der Waals surface area contributed by atoms with Crippen molar-refractivity contribution in [3.8, 4) is 11.1 Å². The van der Waals surface area contributed by atoms with E-state index in [4.69, 9.17) is 4.74 Å². The molecular weight excluding hydrogens is 444 g/mol. The van der Waals surface area contributed by atoms with E-state index in [1.54, 1.807) is 0 Å². The molecule has 0 aromatic heterocycles. The molecule has 188 valence electrons. The van der Waals surface area contributed by atoms with Crippen LogP contribution in [-0.2, 0) is 14.3 Å². The first-order chi connectivity index (χ1) is 16.8. The molecule has 2 amide bonds. The fraction of sp³-hybridized carbons (Fsp3) is 0.464. The maximum atomic E-state index is 12.5. The minimum absolute atomic E-state index is 0.0168. The molecule has 0 heterocycles. The number of fused-ring (bicyclic) bond motifs is 3. The first kappa shape index (κ1) is 26.3. The van der Waals surface area contributed by atoms with E-state index >= 15 is 0 Å². The average Bonchev–Trinajstić information content (AvgIpc) is 3.14. The second-order valence-electron chi connectivity index (χ2n) is 9.65. The summed E-state index contributed by atoms with van der Waals surface area (Å²) in [5, 5.41) is 14.7. The quantitative estimate of drug-likeness (QED) is 0.399. The van der Waals surface area contributed by atoms with Crippen molar-refractivity contribution in [1.29, 1.82) is 0 Å². The number of carbonyl (C=O) groups excluding carboxylic acids is 2. The van der Waals surface area contributed by atoms with Gasteiger partial charge in [0.2, 0.25) is 5.91 Å². The van der Waals surface area contributed by atoms with Crippen LogP contribution < -0.4 is 10.6 Å². The van der Waals surface area contributed by atoms with Gasteiger partial charge in [0.1, 0.15) is 12.6 Å². The number of amides is 2. The Kier molecular flexibility index (Phi) is 9.29. The van der Waals surface area contributed by atoms with Crippen molar-refractivity contribution in [1.82, 2.24) is 10.6 Å². The van der Waals surface area contributed by atoms with Crippen molar-refractivity contribution in [3.05, 3.63) is 59.7 Å². The Morgan fingerprint density at radius 1 is 1.00 bits per heavy atom. The van der Waals surface area contributed by atoms with Crippen molar-refractivity contribution < 1.29 is 24.2 Å². The molecule has 2 aromatic carbocycles. The zero-order valence-electron chi connectivity index (χ0n) is 20.8. The molecular formula is C28H36N2O5. The number of rotatable bonds is 12. The average molecular weight is 481 g/mol. The lowest BCUT2D eigenvalue weighted by molar-refractivity contribution is -0.142. The van der Waals surface area contributed by atoms with Crippen molar-refractivity contribution in [2.45, 2.75) is 58.4 Å². The SMILES string of the molecule is CCC[C@@H](NC(=O)CC(CNC(=O)OCC1c2ccccc2-c2ccccc21)CC(C)C)C(=O)O. The monoisotopic (exact) mass is 480 g/mol. The van der Waals surface area contributed by atoms with Gasteiger partial charge in [0.05, 0.1) is 0 Å². The Morgan fingerprint density at radius 2 is 1.60 bits per heavy atom. The number of carboxylic acids is 1. The topological polar surface area (TPSA) is 105 Å². The van der Waals surface area contributed by atoms with Crippen LogP contribution in [0.3, 0.4) is 0 Å². The third-order valence-corrected chi connectivity index (χ3v) is 6.37. The molecule has 1 aliphatic rings. The summed E-state index contributed by atoms with van der Waals surface area (Å²) in [6, 6.07) is 15.4. The van der Waals surface area contributed by atoms with Crippen LogP contribution in [-0.4, -0.2) is 42.3 Å². The summed E-state index contributed by atoms with van der Waals surface area (Å²) in [4.78, 5) is 36.4. The summed E-state index contributed by atoms with van der Waals surface area (Å²) in [6.45, 7) is 6.49. The lowest BCUT2D eigenvalue weighted by Crippen LogP contribution is -2.42. The number of alkyl carbamates (subject to hydrolysis) is 1. The van der Waals surface area contributed by atoms with Crippen LogP contribution in [0.25, 0.3) is 11.1 Å². The molecule has 0 radical (unpaired) electrons. The second kappa shape index (κ2) is 12.4. The van der Waals surface area contributed by atoms with Gasteiger partial charge in [-0.1, -0.05) is 75.7 Å². The van der Waals surface area contributed by atoms with E-state index in [1.807, 2.05) is 31.2 Å². The molecule has 0 aliphatic heterocycles. The van der Waals surface area contributed by atoms with Crippen LogP contribution in [0.1, 0.15) is 63.5 Å². The van der Waals surface area contributed by atoms with Gasteiger partial charge in [0, 0.05) is 18.9 Å². The summed E-state index contributed by atoms with van der Waals surface area (Å²) < 4.78 is 5.60. The molecule has 0 fully saturated rings. The van der Waals surface area contributed by atoms with Gasteiger partial charge >= 0.3 is 12.1 Å². The molecule has 7 nitrogen and oxygen atoms in total. The molecule has 3 N–H and O–H groups in total. The number of carbonyl (C=O) groups is 3. The van der Waals surface area contributed by atoms with Gasteiger partial charge in [-0.25, -0.2) is 9.59 Å². The smallest absolute Gasteiger partial charge is 0.407 e. The largest absolute Gasteiger partial charge is 0.480 e. The normalized spacial score (nSPS) is 14.1. The van der Waals surface area contributed by atoms with Gasteiger partial charge in [-0.05, 0) is 46.9 Å². The van der Waals surface area contributed by atoms with Crippen molar-refractivity contribution in [3.63, 3.8) is 0 Å². The van der Waals surface area contributed by atoms with Crippen LogP contribution in [0.4, 0.5) is 4.79 Å². The third kappa shape index (κ3) is 7.07. The van der Waals surface area contributed by atoms with Gasteiger partial charge in [-0.3, -0.25) is 4.79 Å². The molecule has 1 aliphatic carbocycles. The number of carboxylic acid groups (broad SMARTS) is 1. The molecule has 0 bridgehead atoms. The van der Waals surface area contributed by atoms with Crippen LogP contribution in [0, 0.1) is 11.8 Å². The molecule has 1 unspecified atom stereocenters. The number of ether oxygens (including phenoxy) is 1. The van der Waals surface area contributed by atoms with E-state index < -0.39 is 18.1 Å². The Labute approximate surface area is 207 Å². The number of aliphatic carboxylic acids is 1. The summed E-state index contributed by atoms with van der Waals surface area (Å²) in [5.74, 6) is -1.16. The van der Waals surface area contributed by atoms with Crippen LogP contribution in [0.15, 0.2) is 48.5 Å². The maximum absolute atomic E-state index is 12.5. The highest BCUT2D eigenvalue weighted by atomic mass is 16.5. The van der Waals surface area contributed by atoms with Crippen LogP contribution >= 0.6 is 0 Å². The van der Waals surface area contributed by atoms with Gasteiger partial charge in [0.15, 0.2) is 0 Å². The standard InChI is InChI=1S/C28H36N2O5/c1-4-9-25(27(32)33)30-26(31)15-19(14-18(2)3)16-29-28(34)35-17-24-22-12-7-5-10-20(22)21-11-6-8-13-23(21)24/h5-8,10-13,18-19,24-25H,4,9,14-17H2,1-3H3,(H,29,34)(H,30,31)(H,32,33)/t19?,25-/m1/s1. The number of hydrogen-bond acceptors (Lipinski definition) is 4. The van der Waals surface area contributed by atoms with Crippen molar-refractivity contribution in [2.24, 2.45) is 11.8 Å². The Morgan fingerprint density at radius 3 is 2.14 bits per heavy atom. The van der Waals surface area contributed by atoms with E-state index in [-0.39, 0.29) is 37.3 Å². The number of benzene rings is 2. The highest BCUT2D eigenvalue weighted by molar-refractivity contribution is 5.83. The molecule has 2 atom stereocenters. The highest BCUT2D eigenvalue weighted by Crippen LogP contribution is 2.44. The molecule has 7 heteroatoms. The van der Waals surface area contributed by atoms with Gasteiger partial charge in [-0.15, -0.1) is 0 Å². The zero-order valence-corrected chi connectivity index (χ0v) is 20.8. The van der Waals surface area contributed by atoms with E-state index in [0.717, 1.165) is 17.5 Å². The fourth-order valence-corrected chi connectivity index (χ4v) is 4.84. The lowest BCUT2D eigenvalue weighted by Gasteiger charge is -2.21. The Balaban J connectivity index is 1.55. The predicted octanol–water partition coefficient (Wildman–Crippen LogP) is 4.95. The molecule has 3 rings (SSSR count). The zero-order chi connectivity index (χ0) is 25.4. The molecule has 2 aromatic rings. The third-order valence-electron chi connectivity index (χ3n) is 6.37. The minimum Gasteiger partial charge on any atom is -0.480 e. The summed E-state index contributed by atoms with van der Waals surface area (Å²) in [6.07, 6.45) is 1.40. The van der Waals surface area contributed by atoms with E-state index in [0.29, 0.717) is 18.8 Å². The Hall–Kier alpha value is -3.35. The molecule has 35 heavy (non-hydrogen) atoms. The highest BCUT2D eigenvalue weighted by Gasteiger charge is 2.29. The lowest BCUT2D eigenvalue weighted by atomic mass is 9.93. The van der Waals surface area contributed by atoms with E-state index in [9.17, 15) is 19.5 Å². The van der Waals surface area contributed by atoms with Crippen molar-refractivity contribution >= 4 is 18.0 Å². The summed E-state index contributed by atoms with van der Waals surface area (Å²) >= 11 is 0. The van der Waals surface area contributed by atoms with Gasteiger partial charge in [-0.2, -0.15) is 0 Å². The van der Waals surface area contributed by atoms with E-state index in [1.165, 1.54) is 11.1 Å². The molecule has 0 saturated heterocycles. The maximum Gasteiger partial charge on any atom is 0.407 e. The minimum atomic E-state index is -1.03. The molecule has 0 saturated carbocycles. The predicted molar refractivity (Wildman–Crippen MR) is 135 cm³/mol. The summed E-state index contributed by atoms with van der Waals surface area (Å²) in [7, 11) is 0. The second-order valence-corrected chi connectivity index (χ2v) is 9.65. The van der Waals surface area contributed by atoms with Crippen LogP contribution in [0.2, 0.25) is 0 Å². The number of hydrogen-bond donors (Lipinski definition) is 3. The van der Waals surface area contributed by atoms with Gasteiger partial charge in [0.25, 0.3) is 0 Å². The van der Waals surface area contributed by atoms with Crippen molar-refractivity contribution in [2.75, 3.05) is 13.2 Å². The van der Waals surface area contributed by atoms with Gasteiger partial charge < -0.3 is 20.5 Å². The first-order valence-corrected chi connectivity index (χ1v) is 12.4. The summed E-state index contributed by atoms with van der Waals surface area (Å²) in [5.41, 5.74) is 4.64. The van der Waals surface area contributed by atoms with E-state index in [2.05, 4.69) is 48.7 Å². The molecule has 0 spiro atoms. The number of nitrogens with one attached hydrogen (secondary N) is 2. The first-order valence-electron chi connectivity index (χ1n) is 12.4. The van der Waals surface area contributed by atoms with Crippen LogP contribution in [0.5, 0.6) is 0 Å².